The van der Waals surface area contributed by atoms with E-state index < -0.39 is 10.0 Å². The lowest BCUT2D eigenvalue weighted by Crippen LogP contribution is -2.47. The fraction of sp³-hybridized carbons (Fsp3) is 0.435. The SMILES string of the molecule is COc1ccccc1[C@@H](C)NC(=O)CN(C1CCCCC1)S(=O)(=O)c1ccccc1. The van der Waals surface area contributed by atoms with Gasteiger partial charge in [-0.2, -0.15) is 4.31 Å². The van der Waals surface area contributed by atoms with Gasteiger partial charge in [-0.05, 0) is 38.0 Å². The second-order valence-electron chi connectivity index (χ2n) is 7.69. The quantitative estimate of drug-likeness (QED) is 0.689. The highest BCUT2D eigenvalue weighted by Gasteiger charge is 2.34. The Labute approximate surface area is 179 Å². The number of methoxy groups -OCH3 is 1. The van der Waals surface area contributed by atoms with E-state index in [2.05, 4.69) is 5.32 Å². The van der Waals surface area contributed by atoms with Gasteiger partial charge in [-0.1, -0.05) is 55.7 Å². The Balaban J connectivity index is 1.80. The lowest BCUT2D eigenvalue weighted by molar-refractivity contribution is -0.122. The number of amides is 1. The molecule has 1 aliphatic carbocycles. The first-order valence-corrected chi connectivity index (χ1v) is 11.9. The number of nitrogens with one attached hydrogen (secondary N) is 1. The molecular weight excluding hydrogens is 400 g/mol. The predicted molar refractivity (Wildman–Crippen MR) is 117 cm³/mol. The van der Waals surface area contributed by atoms with Gasteiger partial charge in [-0.15, -0.1) is 0 Å². The van der Waals surface area contributed by atoms with Crippen LogP contribution in [0.15, 0.2) is 59.5 Å². The normalized spacial score (nSPS) is 16.2. The second kappa shape index (κ2) is 10.1. The van der Waals surface area contributed by atoms with Gasteiger partial charge >= 0.3 is 0 Å². The van der Waals surface area contributed by atoms with Gasteiger partial charge in [0, 0.05) is 11.6 Å². The highest BCUT2D eigenvalue weighted by atomic mass is 32.2. The summed E-state index contributed by atoms with van der Waals surface area (Å²) in [5.41, 5.74) is 0.850. The van der Waals surface area contributed by atoms with E-state index in [1.54, 1.807) is 37.4 Å². The molecule has 0 bridgehead atoms. The van der Waals surface area contributed by atoms with Gasteiger partial charge in [-0.3, -0.25) is 4.79 Å². The van der Waals surface area contributed by atoms with Crippen LogP contribution in [0.5, 0.6) is 5.75 Å². The van der Waals surface area contributed by atoms with E-state index in [1.807, 2.05) is 31.2 Å². The number of hydrogen-bond donors (Lipinski definition) is 1. The summed E-state index contributed by atoms with van der Waals surface area (Å²) >= 11 is 0. The minimum absolute atomic E-state index is 0.156. The first kappa shape index (κ1) is 22.3. The van der Waals surface area contributed by atoms with Gasteiger partial charge in [0.2, 0.25) is 15.9 Å². The standard InChI is InChI=1S/C23H30N2O4S/c1-18(21-15-9-10-16-22(21)29-2)24-23(26)17-25(19-11-5-3-6-12-19)30(27,28)20-13-7-4-8-14-20/h4,7-10,13-16,18-19H,3,5-6,11-12,17H2,1-2H3,(H,24,26)/t18-/m1/s1. The van der Waals surface area contributed by atoms with Crippen molar-refractivity contribution < 1.29 is 17.9 Å². The zero-order chi connectivity index (χ0) is 21.6. The van der Waals surface area contributed by atoms with Crippen LogP contribution in [0.4, 0.5) is 0 Å². The third kappa shape index (κ3) is 5.21. The van der Waals surface area contributed by atoms with E-state index >= 15 is 0 Å². The lowest BCUT2D eigenvalue weighted by atomic mass is 9.95. The van der Waals surface area contributed by atoms with Crippen molar-refractivity contribution >= 4 is 15.9 Å². The van der Waals surface area contributed by atoms with Crippen molar-refractivity contribution in [2.24, 2.45) is 0 Å². The largest absolute Gasteiger partial charge is 0.496 e. The monoisotopic (exact) mass is 430 g/mol. The Morgan fingerprint density at radius 2 is 1.70 bits per heavy atom. The van der Waals surface area contributed by atoms with E-state index in [9.17, 15) is 13.2 Å². The second-order valence-corrected chi connectivity index (χ2v) is 9.58. The number of nitrogens with zero attached hydrogens (tertiary/aromatic N) is 1. The van der Waals surface area contributed by atoms with Gasteiger partial charge in [0.25, 0.3) is 0 Å². The molecule has 0 heterocycles. The molecule has 1 aliphatic rings. The average molecular weight is 431 g/mol. The molecule has 1 N–H and O–H groups in total. The van der Waals surface area contributed by atoms with Crippen molar-refractivity contribution in [2.75, 3.05) is 13.7 Å². The van der Waals surface area contributed by atoms with Crippen LogP contribution in [-0.2, 0) is 14.8 Å². The molecular formula is C23H30N2O4S. The number of carbonyl (C=O) groups is 1. The summed E-state index contributed by atoms with van der Waals surface area (Å²) in [5, 5.41) is 2.94. The molecule has 0 spiro atoms. The first-order valence-electron chi connectivity index (χ1n) is 10.4. The molecule has 0 aliphatic heterocycles. The molecule has 1 atom stereocenters. The number of sulfonamides is 1. The van der Waals surface area contributed by atoms with Crippen LogP contribution >= 0.6 is 0 Å². The molecule has 6 nitrogen and oxygen atoms in total. The third-order valence-electron chi connectivity index (χ3n) is 5.61. The molecule has 0 saturated heterocycles. The Kier molecular flexibility index (Phi) is 7.50. The molecule has 1 saturated carbocycles. The number of para-hydroxylation sites is 1. The van der Waals surface area contributed by atoms with Crippen LogP contribution in [0.2, 0.25) is 0 Å². The Morgan fingerprint density at radius 1 is 1.07 bits per heavy atom. The molecule has 30 heavy (non-hydrogen) atoms. The van der Waals surface area contributed by atoms with Crippen LogP contribution in [0, 0.1) is 0 Å². The van der Waals surface area contributed by atoms with Crippen LogP contribution < -0.4 is 10.1 Å². The molecule has 2 aromatic rings. The van der Waals surface area contributed by atoms with E-state index in [-0.39, 0.29) is 29.4 Å². The van der Waals surface area contributed by atoms with E-state index in [0.29, 0.717) is 5.75 Å². The van der Waals surface area contributed by atoms with Gasteiger partial charge in [0.05, 0.1) is 24.6 Å². The van der Waals surface area contributed by atoms with Gasteiger partial charge in [0.15, 0.2) is 0 Å². The van der Waals surface area contributed by atoms with Crippen molar-refractivity contribution in [3.8, 4) is 5.75 Å². The van der Waals surface area contributed by atoms with Crippen molar-refractivity contribution in [2.45, 2.75) is 56.0 Å². The van der Waals surface area contributed by atoms with Crippen LogP contribution in [0.25, 0.3) is 0 Å². The van der Waals surface area contributed by atoms with E-state index in [4.69, 9.17) is 4.74 Å². The minimum Gasteiger partial charge on any atom is -0.496 e. The fourth-order valence-corrected chi connectivity index (χ4v) is 5.70. The molecule has 0 aromatic heterocycles. The van der Waals surface area contributed by atoms with Crippen LogP contribution in [0.1, 0.15) is 50.6 Å². The van der Waals surface area contributed by atoms with Crippen molar-refractivity contribution in [1.29, 1.82) is 0 Å². The first-order chi connectivity index (χ1) is 14.4. The summed E-state index contributed by atoms with van der Waals surface area (Å²) < 4.78 is 33.5. The highest BCUT2D eigenvalue weighted by Crippen LogP contribution is 2.28. The summed E-state index contributed by atoms with van der Waals surface area (Å²) in [6.45, 7) is 1.67. The summed E-state index contributed by atoms with van der Waals surface area (Å²) in [6.07, 6.45) is 4.62. The number of hydrogen-bond acceptors (Lipinski definition) is 4. The predicted octanol–water partition coefficient (Wildman–Crippen LogP) is 3.90. The molecule has 0 unspecified atom stereocenters. The van der Waals surface area contributed by atoms with Gasteiger partial charge in [-0.25, -0.2) is 8.42 Å². The molecule has 7 heteroatoms. The summed E-state index contributed by atoms with van der Waals surface area (Å²) in [4.78, 5) is 13.1. The zero-order valence-electron chi connectivity index (χ0n) is 17.6. The number of benzene rings is 2. The van der Waals surface area contributed by atoms with E-state index in [0.717, 1.165) is 37.7 Å². The maximum absolute atomic E-state index is 13.3. The molecule has 1 fully saturated rings. The Hall–Kier alpha value is -2.38. The van der Waals surface area contributed by atoms with E-state index in [1.165, 1.54) is 4.31 Å². The fourth-order valence-electron chi connectivity index (χ4n) is 4.04. The summed E-state index contributed by atoms with van der Waals surface area (Å²) in [7, 11) is -2.17. The number of rotatable bonds is 8. The number of carbonyl (C=O) groups excluding carboxylic acids is 1. The number of ether oxygens (including phenoxy) is 1. The van der Waals surface area contributed by atoms with Gasteiger partial charge in [0.1, 0.15) is 5.75 Å². The van der Waals surface area contributed by atoms with Crippen molar-refractivity contribution in [3.63, 3.8) is 0 Å². The van der Waals surface area contributed by atoms with Crippen molar-refractivity contribution in [3.05, 3.63) is 60.2 Å². The molecule has 1 amide bonds. The Bertz CT molecular complexity index is 941. The summed E-state index contributed by atoms with van der Waals surface area (Å²) in [6, 6.07) is 15.4. The lowest BCUT2D eigenvalue weighted by Gasteiger charge is -2.33. The maximum atomic E-state index is 13.3. The van der Waals surface area contributed by atoms with Crippen LogP contribution in [-0.4, -0.2) is 38.3 Å². The smallest absolute Gasteiger partial charge is 0.243 e. The summed E-state index contributed by atoms with van der Waals surface area (Å²) in [5.74, 6) is 0.366. The molecule has 0 radical (unpaired) electrons. The zero-order valence-corrected chi connectivity index (χ0v) is 18.4. The topological polar surface area (TPSA) is 75.7 Å². The van der Waals surface area contributed by atoms with Gasteiger partial charge < -0.3 is 10.1 Å². The van der Waals surface area contributed by atoms with Crippen molar-refractivity contribution in [1.82, 2.24) is 9.62 Å². The molecule has 3 rings (SSSR count). The minimum atomic E-state index is -3.76. The Morgan fingerprint density at radius 3 is 2.37 bits per heavy atom. The molecule has 162 valence electrons. The third-order valence-corrected chi connectivity index (χ3v) is 7.53. The highest BCUT2D eigenvalue weighted by molar-refractivity contribution is 7.89. The molecule has 2 aromatic carbocycles. The maximum Gasteiger partial charge on any atom is 0.243 e. The van der Waals surface area contributed by atoms with Crippen LogP contribution in [0.3, 0.4) is 0 Å². The average Bonchev–Trinajstić information content (AvgIpc) is 2.78.